The number of hydrogen-bond donors (Lipinski definition) is 4. The van der Waals surface area contributed by atoms with Crippen LogP contribution in [-0.2, 0) is 54.2 Å². The Morgan fingerprint density at radius 1 is 0.602 bits per heavy atom. The van der Waals surface area contributed by atoms with Gasteiger partial charge in [-0.25, -0.2) is 44.1 Å². The fourth-order valence-corrected chi connectivity index (χ4v) is 9.35. The lowest BCUT2D eigenvalue weighted by atomic mass is 9.99. The summed E-state index contributed by atoms with van der Waals surface area (Å²) in [5.41, 5.74) is 4.99. The zero-order valence-electron chi connectivity index (χ0n) is 54.6. The molecule has 3 amide bonds. The first-order valence-electron chi connectivity index (χ1n) is 29.0. The number of carbonyl (C=O) groups excluding carboxylic acids is 8. The maximum atomic E-state index is 11.7. The Labute approximate surface area is 570 Å². The van der Waals surface area contributed by atoms with Crippen molar-refractivity contribution in [3.63, 3.8) is 0 Å². The number of carboxylic acids is 1. The van der Waals surface area contributed by atoms with Crippen LogP contribution in [0.2, 0.25) is 10.2 Å². The van der Waals surface area contributed by atoms with E-state index in [2.05, 4.69) is 87.7 Å². The van der Waals surface area contributed by atoms with Crippen molar-refractivity contribution in [3.8, 4) is 0 Å². The van der Waals surface area contributed by atoms with E-state index in [0.29, 0.717) is 41.5 Å². The number of hydrogen-bond acceptors (Lipinski definition) is 28. The van der Waals surface area contributed by atoms with Gasteiger partial charge in [0.25, 0.3) is 0 Å². The number of methoxy groups -OCH3 is 5. The van der Waals surface area contributed by atoms with Crippen LogP contribution in [0, 0.1) is 20.2 Å². The lowest BCUT2D eigenvalue weighted by Crippen LogP contribution is -2.36. The van der Waals surface area contributed by atoms with Gasteiger partial charge in [-0.15, -0.1) is 0 Å². The minimum atomic E-state index is -1.06. The molecule has 0 aliphatic carbocycles. The first kappa shape index (κ1) is 77.2. The molecule has 0 fully saturated rings. The van der Waals surface area contributed by atoms with Crippen LogP contribution in [0.25, 0.3) is 5.57 Å². The predicted molar refractivity (Wildman–Crippen MR) is 358 cm³/mol. The standard InChI is InChI=1S/C20H21ClN4O.C11H13N3O6.C10H11N3O3.C9H9N3O3.C7H5ClN2O4.C5H10O2/c1-24-13-19(26)23-18-10-14(11-22-20(18)24)12-25-8-6-16(7-9-25)15-2-4-17(21)5-3-15;1-13(6-9(15)19-2)10-8(14(17)18)4-7(5-12-10)11(16)20-3;1-13-5-8(14)12-7-3-6(10(15)16-2)4-11-9(7)13;1-12-4-7(13)11-6-2-5(9(14)15)3-10-8(6)12;1-14-7(11)4-2-5(10(12)13)6(8)9-3-4;1-3-4-5(6)7-2/h2-6,10-11H,7-9,12-13H2,1H3,(H,23,26);4-5H,6H2,1-3H3;3-4H,5H2,1-2H3,(H,12,14);2-3H,4H2,1H3,(H,11,13)(H,14,15);2-3H,1H3;3-4H2,1-2H3. The van der Waals surface area contributed by atoms with E-state index in [9.17, 15) is 63.4 Å². The Bertz CT molecular complexity index is 3990. The number of carboxylic acid groups (broad SMARTS) is 1. The third-order valence-corrected chi connectivity index (χ3v) is 14.4. The number of halogens is 2. The molecule has 4 aliphatic rings. The van der Waals surface area contributed by atoms with E-state index >= 15 is 0 Å². The van der Waals surface area contributed by atoms with Gasteiger partial charge in [0.1, 0.15) is 6.54 Å². The Balaban J connectivity index is 0.000000220. The highest BCUT2D eigenvalue weighted by molar-refractivity contribution is 6.31. The highest BCUT2D eigenvalue weighted by Gasteiger charge is 2.27. The first-order chi connectivity index (χ1) is 46.5. The molecular formula is C62H69Cl2N15O19. The molecule has 4 N–H and O–H groups in total. The summed E-state index contributed by atoms with van der Waals surface area (Å²) < 4.78 is 22.2. The molecular weight excluding hydrogens is 1330 g/mol. The van der Waals surface area contributed by atoms with Crippen molar-refractivity contribution in [2.24, 2.45) is 0 Å². The molecule has 0 radical (unpaired) electrons. The number of fused-ring (bicyclic) bond motifs is 3. The van der Waals surface area contributed by atoms with Crippen molar-refractivity contribution in [1.82, 2.24) is 29.8 Å². The van der Waals surface area contributed by atoms with E-state index in [1.807, 2.05) is 43.3 Å². The largest absolute Gasteiger partial charge is 0.478 e. The molecule has 0 spiro atoms. The zero-order chi connectivity index (χ0) is 72.5. The third-order valence-electron chi connectivity index (χ3n) is 13.8. The van der Waals surface area contributed by atoms with Crippen molar-refractivity contribution in [1.29, 1.82) is 0 Å². The fourth-order valence-electron chi connectivity index (χ4n) is 9.05. The van der Waals surface area contributed by atoms with Crippen LogP contribution >= 0.6 is 23.2 Å². The molecule has 98 heavy (non-hydrogen) atoms. The van der Waals surface area contributed by atoms with E-state index < -0.39 is 51.1 Å². The lowest BCUT2D eigenvalue weighted by molar-refractivity contribution is -0.385. The molecule has 4 aliphatic heterocycles. The van der Waals surface area contributed by atoms with Gasteiger partial charge in [0.05, 0.1) is 104 Å². The highest BCUT2D eigenvalue weighted by atomic mass is 35.5. The number of anilines is 7. The van der Waals surface area contributed by atoms with Crippen LogP contribution in [0.1, 0.15) is 78.7 Å². The van der Waals surface area contributed by atoms with Crippen LogP contribution in [0.5, 0.6) is 0 Å². The summed E-state index contributed by atoms with van der Waals surface area (Å²) in [7, 11) is 13.1. The summed E-state index contributed by atoms with van der Waals surface area (Å²) in [4.78, 5) is 149. The number of nitrogens with one attached hydrogen (secondary N) is 3. The number of esters is 5. The molecule has 0 saturated carbocycles. The van der Waals surface area contributed by atoms with Gasteiger partial charge in [-0.2, -0.15) is 0 Å². The summed E-state index contributed by atoms with van der Waals surface area (Å²) in [5.74, 6) is -1.94. The van der Waals surface area contributed by atoms with E-state index in [1.165, 1.54) is 70.0 Å². The number of pyridine rings is 5. The fraction of sp³-hybridized carbons (Fsp3) is 0.323. The predicted octanol–water partition coefficient (Wildman–Crippen LogP) is 6.61. The second-order valence-electron chi connectivity index (χ2n) is 21.0. The summed E-state index contributed by atoms with van der Waals surface area (Å²) in [5, 5.41) is 38.8. The smallest absolute Gasteiger partial charge is 0.339 e. The van der Waals surface area contributed by atoms with Crippen LogP contribution in [0.15, 0.2) is 91.7 Å². The van der Waals surface area contributed by atoms with Gasteiger partial charge in [-0.3, -0.25) is 49.1 Å². The minimum Gasteiger partial charge on any atom is -0.478 e. The SMILES string of the molecule is CCCC(=O)OC.CN1CC(=O)Nc2cc(C(=O)O)cnc21.CN1CC(=O)Nc2cc(CN3CC=C(c4ccc(Cl)cc4)CC3)cnc21.COC(=O)CN(C)c1ncc(C(=O)OC)cc1[N+](=O)[O-].COC(=O)c1cnc(Cl)c([N+](=O)[O-])c1.COC(=O)c1cnc2c(c1)NC(=O)CN2C. The molecule has 0 saturated heterocycles. The molecule has 34 nitrogen and oxygen atoms in total. The van der Waals surface area contributed by atoms with Crippen molar-refractivity contribution >= 4 is 134 Å². The van der Waals surface area contributed by atoms with E-state index in [4.69, 9.17) is 28.3 Å². The van der Waals surface area contributed by atoms with Crippen molar-refractivity contribution in [3.05, 3.63) is 155 Å². The zero-order valence-corrected chi connectivity index (χ0v) is 56.2. The monoisotopic (exact) mass is 1400 g/mol. The molecule has 1 aromatic carbocycles. The Morgan fingerprint density at radius 2 is 1.04 bits per heavy atom. The number of likely N-dealkylation sites (N-methyl/N-ethyl adjacent to an activating group) is 4. The maximum Gasteiger partial charge on any atom is 0.339 e. The Morgan fingerprint density at radius 3 is 1.48 bits per heavy atom. The number of nitrogens with zero attached hydrogens (tertiary/aromatic N) is 12. The van der Waals surface area contributed by atoms with Gasteiger partial charge >= 0.3 is 47.2 Å². The quantitative estimate of drug-likeness (QED) is 0.0293. The van der Waals surface area contributed by atoms with Crippen LogP contribution < -0.4 is 35.6 Å². The van der Waals surface area contributed by atoms with Crippen molar-refractivity contribution in [2.45, 2.75) is 32.7 Å². The second kappa shape index (κ2) is 37.0. The number of amides is 3. The number of carbonyl (C=O) groups is 9. The molecule has 6 aromatic rings. The summed E-state index contributed by atoms with van der Waals surface area (Å²) in [6, 6.07) is 15.1. The van der Waals surface area contributed by atoms with Gasteiger partial charge in [0.2, 0.25) is 28.7 Å². The first-order valence-corrected chi connectivity index (χ1v) is 29.8. The van der Waals surface area contributed by atoms with Crippen LogP contribution in [0.3, 0.4) is 0 Å². The highest BCUT2D eigenvalue weighted by Crippen LogP contribution is 2.32. The summed E-state index contributed by atoms with van der Waals surface area (Å²) >= 11 is 11.4. The van der Waals surface area contributed by atoms with E-state index in [1.54, 1.807) is 30.0 Å². The molecule has 36 heteroatoms. The average Bonchev–Trinajstić information content (AvgIpc) is 0.826. The lowest BCUT2D eigenvalue weighted by Gasteiger charge is -2.28. The van der Waals surface area contributed by atoms with E-state index in [-0.39, 0.29) is 71.0 Å². The Kier molecular flexibility index (Phi) is 29.1. The van der Waals surface area contributed by atoms with Gasteiger partial charge < -0.3 is 64.3 Å². The van der Waals surface area contributed by atoms with Gasteiger partial charge in [0, 0.05) is 102 Å². The summed E-state index contributed by atoms with van der Waals surface area (Å²) in [6.45, 7) is 5.30. The molecule has 0 unspecified atom stereocenters. The van der Waals surface area contributed by atoms with Crippen molar-refractivity contribution < 1.29 is 81.8 Å². The average molecular weight is 1400 g/mol. The number of ether oxygens (including phenoxy) is 5. The summed E-state index contributed by atoms with van der Waals surface area (Å²) in [6.07, 6.45) is 11.6. The number of nitro groups is 2. The van der Waals surface area contributed by atoms with Gasteiger partial charge in [-0.05, 0) is 59.9 Å². The molecule has 9 heterocycles. The van der Waals surface area contributed by atoms with Gasteiger partial charge in [0.15, 0.2) is 17.5 Å². The topological polar surface area (TPSA) is 423 Å². The number of aromatic nitrogens is 5. The van der Waals surface area contributed by atoms with Crippen LogP contribution in [-0.4, -0.2) is 201 Å². The molecule has 10 rings (SSSR count). The van der Waals surface area contributed by atoms with Crippen LogP contribution in [0.4, 0.5) is 51.7 Å². The molecule has 5 aromatic heterocycles. The Hall–Kier alpha value is -11.5. The van der Waals surface area contributed by atoms with Crippen molar-refractivity contribution in [2.75, 3.05) is 139 Å². The minimum absolute atomic E-state index is 0.00691. The molecule has 0 atom stereocenters. The van der Waals surface area contributed by atoms with E-state index in [0.717, 1.165) is 86.2 Å². The molecule has 0 bridgehead atoms. The normalized spacial score (nSPS) is 13.1. The third kappa shape index (κ3) is 22.3. The second-order valence-corrected chi connectivity index (χ2v) is 21.8. The number of rotatable bonds is 14. The van der Waals surface area contributed by atoms with Gasteiger partial charge in [-0.1, -0.05) is 48.3 Å². The number of aromatic carboxylic acids is 1. The maximum absolute atomic E-state index is 11.7. The molecule has 520 valence electrons. The number of benzene rings is 1.